The van der Waals surface area contributed by atoms with Gasteiger partial charge in [0.15, 0.2) is 5.78 Å². The molecule has 164 valence electrons. The van der Waals surface area contributed by atoms with Gasteiger partial charge < -0.3 is 10.6 Å². The Morgan fingerprint density at radius 3 is 2.59 bits per heavy atom. The molecule has 2 amide bonds. The first-order valence-electron chi connectivity index (χ1n) is 10.9. The van der Waals surface area contributed by atoms with Crippen LogP contribution in [0.3, 0.4) is 0 Å². The third-order valence-corrected chi connectivity index (χ3v) is 6.34. The van der Waals surface area contributed by atoms with E-state index in [-0.39, 0.29) is 23.5 Å². The highest BCUT2D eigenvalue weighted by atomic mass is 16.2. The van der Waals surface area contributed by atoms with Gasteiger partial charge in [-0.15, -0.1) is 0 Å². The molecule has 2 aromatic heterocycles. The third-order valence-electron chi connectivity index (χ3n) is 6.34. The Balaban J connectivity index is 1.34. The summed E-state index contributed by atoms with van der Waals surface area (Å²) in [4.78, 5) is 38.7. The normalized spacial score (nSPS) is 20.3. The van der Waals surface area contributed by atoms with Crippen molar-refractivity contribution < 1.29 is 14.4 Å². The zero-order chi connectivity index (χ0) is 22.1. The average Bonchev–Trinajstić information content (AvgIpc) is 3.50. The Hall–Kier alpha value is -3.75. The monoisotopic (exact) mass is 432 g/mol. The van der Waals surface area contributed by atoms with Gasteiger partial charge in [0.05, 0.1) is 24.1 Å². The van der Waals surface area contributed by atoms with E-state index in [2.05, 4.69) is 25.9 Å². The first-order chi connectivity index (χ1) is 15.6. The number of hydrogen-bond acceptors (Lipinski definition) is 5. The molecule has 1 aromatic carbocycles. The molecule has 2 atom stereocenters. The minimum atomic E-state index is -0.439. The molecule has 0 bridgehead atoms. The van der Waals surface area contributed by atoms with Crippen LogP contribution in [-0.4, -0.2) is 44.1 Å². The summed E-state index contributed by atoms with van der Waals surface area (Å²) in [6, 6.07) is 9.25. The molecule has 9 heteroatoms. The predicted octanol–water partition coefficient (Wildman–Crippen LogP) is 2.64. The number of ketones is 1. The van der Waals surface area contributed by atoms with E-state index in [1.807, 2.05) is 18.2 Å². The quantitative estimate of drug-likeness (QED) is 0.535. The minimum Gasteiger partial charge on any atom is -0.349 e. The van der Waals surface area contributed by atoms with Gasteiger partial charge in [0.25, 0.3) is 5.91 Å². The van der Waals surface area contributed by atoms with Crippen molar-refractivity contribution in [3.63, 3.8) is 0 Å². The van der Waals surface area contributed by atoms with Crippen molar-refractivity contribution in [3.05, 3.63) is 54.0 Å². The van der Waals surface area contributed by atoms with Crippen LogP contribution >= 0.6 is 0 Å². The van der Waals surface area contributed by atoms with Crippen LogP contribution in [-0.2, 0) is 11.3 Å². The van der Waals surface area contributed by atoms with E-state index in [9.17, 15) is 14.4 Å². The smallest absolute Gasteiger partial charge is 0.271 e. The molecular weight excluding hydrogens is 408 g/mol. The zero-order valence-electron chi connectivity index (χ0n) is 17.5. The van der Waals surface area contributed by atoms with E-state index >= 15 is 0 Å². The summed E-state index contributed by atoms with van der Waals surface area (Å²) in [5, 5.41) is 16.7. The van der Waals surface area contributed by atoms with E-state index in [1.165, 1.54) is 6.20 Å². The maximum atomic E-state index is 13.3. The second-order valence-corrected chi connectivity index (χ2v) is 8.28. The number of rotatable bonds is 5. The first kappa shape index (κ1) is 20.2. The van der Waals surface area contributed by atoms with E-state index in [0.717, 1.165) is 24.1 Å². The van der Waals surface area contributed by atoms with Crippen molar-refractivity contribution in [1.29, 1.82) is 0 Å². The lowest BCUT2D eigenvalue weighted by molar-refractivity contribution is -0.122. The van der Waals surface area contributed by atoms with Crippen molar-refractivity contribution in [3.8, 4) is 11.3 Å². The molecule has 2 unspecified atom stereocenters. The summed E-state index contributed by atoms with van der Waals surface area (Å²) in [5.74, 6) is -1.33. The van der Waals surface area contributed by atoms with Crippen LogP contribution in [0.25, 0.3) is 11.3 Å². The topological polar surface area (TPSA) is 122 Å². The molecule has 0 radical (unpaired) electrons. The highest BCUT2D eigenvalue weighted by Crippen LogP contribution is 2.34. The van der Waals surface area contributed by atoms with Gasteiger partial charge in [0.1, 0.15) is 5.69 Å². The summed E-state index contributed by atoms with van der Waals surface area (Å²) in [7, 11) is 0. The van der Waals surface area contributed by atoms with Crippen LogP contribution < -0.4 is 10.6 Å². The van der Waals surface area contributed by atoms with Gasteiger partial charge in [-0.05, 0) is 24.5 Å². The van der Waals surface area contributed by atoms with Crippen molar-refractivity contribution in [1.82, 2.24) is 25.3 Å². The molecule has 0 saturated heterocycles. The fourth-order valence-electron chi connectivity index (χ4n) is 4.67. The van der Waals surface area contributed by atoms with Crippen LogP contribution in [0.5, 0.6) is 0 Å². The molecule has 1 aliphatic carbocycles. The van der Waals surface area contributed by atoms with Gasteiger partial charge in [0, 0.05) is 30.1 Å². The number of hydrogen-bond donors (Lipinski definition) is 3. The molecule has 2 aliphatic rings. The summed E-state index contributed by atoms with van der Waals surface area (Å²) in [6.07, 6.45) is 6.31. The molecule has 5 rings (SSSR count). The van der Waals surface area contributed by atoms with Gasteiger partial charge in [-0.2, -0.15) is 10.2 Å². The average molecular weight is 432 g/mol. The molecule has 1 saturated carbocycles. The Morgan fingerprint density at radius 1 is 1.06 bits per heavy atom. The van der Waals surface area contributed by atoms with Crippen molar-refractivity contribution in [2.75, 3.05) is 11.9 Å². The lowest BCUT2D eigenvalue weighted by Gasteiger charge is -2.29. The minimum absolute atomic E-state index is 0.0178. The maximum Gasteiger partial charge on any atom is 0.271 e. The number of Topliss-reactive ketones (excluding diaryl/α,β-unsaturated/α-hetero) is 1. The number of amides is 2. The number of benzene rings is 1. The van der Waals surface area contributed by atoms with E-state index in [4.69, 9.17) is 0 Å². The van der Waals surface area contributed by atoms with Crippen molar-refractivity contribution >= 4 is 23.3 Å². The molecule has 0 spiro atoms. The number of carbonyl (C=O) groups is 3. The van der Waals surface area contributed by atoms with Crippen LogP contribution in [0, 0.1) is 11.8 Å². The summed E-state index contributed by atoms with van der Waals surface area (Å²) < 4.78 is 1.60. The Bertz CT molecular complexity index is 1150. The molecule has 9 nitrogen and oxygen atoms in total. The second kappa shape index (κ2) is 8.41. The van der Waals surface area contributed by atoms with Gasteiger partial charge in [-0.1, -0.05) is 37.1 Å². The second-order valence-electron chi connectivity index (χ2n) is 8.28. The fraction of sp³-hybridized carbons (Fsp3) is 0.348. The standard InChI is InChI=1S/C23H24N6O3/c30-21(15-7-5-14(6-8-15)18-9-10-25-28-18)16-3-1-2-4-17(16)22(31)27-19-13-26-29-12-11-24-23(32)20(19)29/h5-10,13,16-17H,1-4,11-12H2,(H,24,32)(H,25,28)(H,27,31). The third kappa shape index (κ3) is 3.70. The molecule has 32 heavy (non-hydrogen) atoms. The van der Waals surface area contributed by atoms with Crippen molar-refractivity contribution in [2.45, 2.75) is 32.2 Å². The van der Waals surface area contributed by atoms with Crippen LogP contribution in [0.15, 0.2) is 42.7 Å². The van der Waals surface area contributed by atoms with Crippen LogP contribution in [0.4, 0.5) is 5.69 Å². The maximum absolute atomic E-state index is 13.3. The number of nitrogens with one attached hydrogen (secondary N) is 3. The van der Waals surface area contributed by atoms with E-state index in [0.29, 0.717) is 42.9 Å². The molecule has 3 heterocycles. The summed E-state index contributed by atoms with van der Waals surface area (Å²) >= 11 is 0. The largest absolute Gasteiger partial charge is 0.349 e. The number of H-pyrrole nitrogens is 1. The Morgan fingerprint density at radius 2 is 1.84 bits per heavy atom. The van der Waals surface area contributed by atoms with Gasteiger partial charge >= 0.3 is 0 Å². The lowest BCUT2D eigenvalue weighted by Crippen LogP contribution is -2.38. The Labute approximate surface area is 184 Å². The zero-order valence-corrected chi connectivity index (χ0v) is 17.5. The highest BCUT2D eigenvalue weighted by Gasteiger charge is 2.37. The molecule has 3 N–H and O–H groups in total. The molecular formula is C23H24N6O3. The van der Waals surface area contributed by atoms with Crippen LogP contribution in [0.2, 0.25) is 0 Å². The molecule has 1 fully saturated rings. The number of anilines is 1. The lowest BCUT2D eigenvalue weighted by atomic mass is 9.75. The number of aromatic amines is 1. The van der Waals surface area contributed by atoms with Gasteiger partial charge in [0.2, 0.25) is 5.91 Å². The summed E-state index contributed by atoms with van der Waals surface area (Å²) in [6.45, 7) is 1.08. The number of carbonyl (C=O) groups excluding carboxylic acids is 3. The highest BCUT2D eigenvalue weighted by molar-refractivity contribution is 6.06. The van der Waals surface area contributed by atoms with E-state index in [1.54, 1.807) is 23.0 Å². The predicted molar refractivity (Wildman–Crippen MR) is 117 cm³/mol. The molecule has 3 aromatic rings. The van der Waals surface area contributed by atoms with Gasteiger partial charge in [-0.25, -0.2) is 0 Å². The van der Waals surface area contributed by atoms with Crippen LogP contribution in [0.1, 0.15) is 46.5 Å². The van der Waals surface area contributed by atoms with Gasteiger partial charge in [-0.3, -0.25) is 24.2 Å². The van der Waals surface area contributed by atoms with E-state index < -0.39 is 5.92 Å². The number of nitrogens with zero attached hydrogens (tertiary/aromatic N) is 3. The fourth-order valence-corrected chi connectivity index (χ4v) is 4.67. The Kier molecular flexibility index (Phi) is 5.30. The molecule has 1 aliphatic heterocycles. The van der Waals surface area contributed by atoms with Crippen molar-refractivity contribution in [2.24, 2.45) is 11.8 Å². The number of aromatic nitrogens is 4. The SMILES string of the molecule is O=C1NCCn2ncc(NC(=O)C3CCCCC3C(=O)c3ccc(-c4ccn[nH]4)cc3)c21. The first-order valence-corrected chi connectivity index (χ1v) is 10.9. The number of fused-ring (bicyclic) bond motifs is 1. The summed E-state index contributed by atoms with van der Waals surface area (Å²) in [5.41, 5.74) is 3.18.